The molecule has 0 radical (unpaired) electrons. The molecule has 3 aromatic rings. The Labute approximate surface area is 283 Å². The molecule has 3 rings (SSSR count). The maximum absolute atomic E-state index is 13.1. The topological polar surface area (TPSA) is 134 Å². The van der Waals surface area contributed by atoms with Gasteiger partial charge in [0.1, 0.15) is 17.7 Å². The van der Waals surface area contributed by atoms with Gasteiger partial charge < -0.3 is 25.2 Å². The molecule has 48 heavy (non-hydrogen) atoms. The van der Waals surface area contributed by atoms with Crippen molar-refractivity contribution in [3.63, 3.8) is 0 Å². The first-order valence-corrected chi connectivity index (χ1v) is 16.8. The van der Waals surface area contributed by atoms with E-state index in [0.29, 0.717) is 23.4 Å². The average Bonchev–Trinajstić information content (AvgIpc) is 3.07. The van der Waals surface area contributed by atoms with Crippen molar-refractivity contribution in [2.45, 2.75) is 50.6 Å². The highest BCUT2D eigenvalue weighted by Gasteiger charge is 2.25. The third kappa shape index (κ3) is 12.3. The Kier molecular flexibility index (Phi) is 16.0. The smallest absolute Gasteiger partial charge is 0.253 e. The van der Waals surface area contributed by atoms with Gasteiger partial charge in [-0.3, -0.25) is 13.9 Å². The molecule has 0 heterocycles. The van der Waals surface area contributed by atoms with Crippen molar-refractivity contribution < 1.29 is 37.0 Å². The van der Waals surface area contributed by atoms with Crippen molar-refractivity contribution in [2.75, 3.05) is 37.4 Å². The normalized spacial score (nSPS) is 12.2. The van der Waals surface area contributed by atoms with E-state index in [1.165, 1.54) is 50.1 Å². The van der Waals surface area contributed by atoms with Crippen molar-refractivity contribution in [3.05, 3.63) is 115 Å². The number of carbonyl (C=O) groups is 2. The number of anilines is 2. The summed E-state index contributed by atoms with van der Waals surface area (Å²) < 4.78 is 49.7. The van der Waals surface area contributed by atoms with Crippen LogP contribution >= 0.6 is 0 Å². The fraction of sp³-hybridized carbons (Fsp3) is 0.333. The maximum atomic E-state index is 13.1. The minimum atomic E-state index is -3.61. The Hall–Kier alpha value is -4.52. The van der Waals surface area contributed by atoms with Gasteiger partial charge in [-0.05, 0) is 92.4 Å². The van der Waals surface area contributed by atoms with Crippen LogP contribution in [0, 0.1) is 5.82 Å². The second-order valence-corrected chi connectivity index (χ2v) is 13.6. The molecule has 0 aliphatic heterocycles. The number of aliphatic hydroxyl groups excluding tert-OH is 1. The largest absolute Gasteiger partial charge is 0.497 e. The molecular weight excluding hydrogens is 637 g/mol. The van der Waals surface area contributed by atoms with Gasteiger partial charge in [0.2, 0.25) is 10.0 Å². The number of halogens is 1. The predicted molar refractivity (Wildman–Crippen MR) is 188 cm³/mol. The third-order valence-corrected chi connectivity index (χ3v) is 9.31. The van der Waals surface area contributed by atoms with Gasteiger partial charge in [-0.1, -0.05) is 24.3 Å². The summed E-state index contributed by atoms with van der Waals surface area (Å²) in [5, 5.41) is 15.0. The molecule has 10 nitrogen and oxygen atoms in total. The van der Waals surface area contributed by atoms with Gasteiger partial charge in [0.05, 0.1) is 24.2 Å². The van der Waals surface area contributed by atoms with Crippen LogP contribution in [-0.2, 0) is 32.4 Å². The molecule has 0 aliphatic rings. The molecular formula is C36H46FN3O7S. The Morgan fingerprint density at radius 2 is 1.62 bits per heavy atom. The molecule has 0 bridgehead atoms. The Morgan fingerprint density at radius 1 is 0.979 bits per heavy atom. The van der Waals surface area contributed by atoms with E-state index < -0.39 is 45.1 Å². The van der Waals surface area contributed by atoms with Crippen molar-refractivity contribution in [1.82, 2.24) is 5.32 Å². The molecule has 12 heteroatoms. The Balaban J connectivity index is 0.000000613. The highest BCUT2D eigenvalue weighted by molar-refractivity contribution is 7.93. The summed E-state index contributed by atoms with van der Waals surface area (Å²) in [4.78, 5) is 25.3. The number of rotatable bonds is 16. The first-order valence-electron chi connectivity index (χ1n) is 15.3. The molecule has 3 aromatic carbocycles. The average molecular weight is 684 g/mol. The number of methoxy groups -OCH3 is 2. The van der Waals surface area contributed by atoms with E-state index in [4.69, 9.17) is 9.47 Å². The summed E-state index contributed by atoms with van der Waals surface area (Å²) in [5.41, 5.74) is 2.84. The van der Waals surface area contributed by atoms with Crippen LogP contribution in [0.5, 0.6) is 5.75 Å². The lowest BCUT2D eigenvalue weighted by Gasteiger charge is -2.23. The number of carbonyl (C=O) groups excluding carboxylic acids is 2. The SMILES string of the molecule is C=CCc1cc(C(=O)NCC(O)CC(OC)C(=O)Nc2ccc(F)cc2)cc(N(C)S(=O)(=O)C(C)C)c1.C=CCc1cccc(OC)c1. The number of ether oxygens (including phenoxy) is 2. The molecule has 0 spiro atoms. The maximum Gasteiger partial charge on any atom is 0.253 e. The lowest BCUT2D eigenvalue weighted by Crippen LogP contribution is -2.38. The van der Waals surface area contributed by atoms with Crippen molar-refractivity contribution >= 4 is 33.2 Å². The molecule has 260 valence electrons. The van der Waals surface area contributed by atoms with E-state index in [2.05, 4.69) is 29.9 Å². The van der Waals surface area contributed by atoms with E-state index in [1.54, 1.807) is 39.2 Å². The first-order chi connectivity index (χ1) is 22.7. The second kappa shape index (κ2) is 19.3. The number of nitrogens with zero attached hydrogens (tertiary/aromatic N) is 1. The monoisotopic (exact) mass is 683 g/mol. The number of aliphatic hydroxyl groups is 1. The van der Waals surface area contributed by atoms with Crippen LogP contribution in [0.25, 0.3) is 0 Å². The predicted octanol–water partition coefficient (Wildman–Crippen LogP) is 5.29. The fourth-order valence-electron chi connectivity index (χ4n) is 4.41. The van der Waals surface area contributed by atoms with Gasteiger partial charge in [0, 0.05) is 38.4 Å². The van der Waals surface area contributed by atoms with Gasteiger partial charge in [0.15, 0.2) is 0 Å². The number of benzene rings is 3. The molecule has 0 saturated carbocycles. The molecule has 0 saturated heterocycles. The van der Waals surface area contributed by atoms with Gasteiger partial charge >= 0.3 is 0 Å². The molecule has 3 N–H and O–H groups in total. The Bertz CT molecular complexity index is 1630. The van der Waals surface area contributed by atoms with Gasteiger partial charge in [-0.2, -0.15) is 0 Å². The van der Waals surface area contributed by atoms with Crippen molar-refractivity contribution in [2.24, 2.45) is 0 Å². The van der Waals surface area contributed by atoms with Crippen molar-refractivity contribution in [3.8, 4) is 5.75 Å². The van der Waals surface area contributed by atoms with E-state index in [-0.39, 0.29) is 18.5 Å². The summed E-state index contributed by atoms with van der Waals surface area (Å²) >= 11 is 0. The van der Waals surface area contributed by atoms with Gasteiger partial charge in [-0.15, -0.1) is 13.2 Å². The number of allylic oxidation sites excluding steroid dienone is 2. The standard InChI is InChI=1S/C26H34FN3O6S.C10H12O/c1-6-7-18-12-19(14-22(13-18)30(4)37(34,35)17(2)3)25(32)28-16-23(31)15-24(36-5)26(33)29-21-10-8-20(27)9-11-21;1-3-5-9-6-4-7-10(8-9)11-2/h6,8-14,17,23-24,31H,1,7,15-16H2,2-5H3,(H,28,32)(H,29,33);3-4,6-8H,1,5H2,2H3. The third-order valence-electron chi connectivity index (χ3n) is 7.15. The van der Waals surface area contributed by atoms with Gasteiger partial charge in [-0.25, -0.2) is 12.8 Å². The molecule has 0 aliphatic carbocycles. The summed E-state index contributed by atoms with van der Waals surface area (Å²) in [6.07, 6.45) is 2.60. The number of amides is 2. The van der Waals surface area contributed by atoms with Crippen LogP contribution in [0.15, 0.2) is 92.0 Å². The second-order valence-electron chi connectivity index (χ2n) is 11.1. The van der Waals surface area contributed by atoms with Crippen LogP contribution in [-0.4, -0.2) is 70.6 Å². The summed E-state index contributed by atoms with van der Waals surface area (Å²) in [7, 11) is 0.800. The van der Waals surface area contributed by atoms with Crippen LogP contribution in [0.4, 0.5) is 15.8 Å². The van der Waals surface area contributed by atoms with E-state index >= 15 is 0 Å². The van der Waals surface area contributed by atoms with Crippen LogP contribution in [0.1, 0.15) is 41.8 Å². The number of hydrogen-bond donors (Lipinski definition) is 3. The lowest BCUT2D eigenvalue weighted by molar-refractivity contribution is -0.127. The number of nitrogens with one attached hydrogen (secondary N) is 2. The molecule has 0 aromatic heterocycles. The zero-order chi connectivity index (χ0) is 35.9. The van der Waals surface area contributed by atoms with Crippen LogP contribution < -0.4 is 19.7 Å². The van der Waals surface area contributed by atoms with E-state index in [9.17, 15) is 27.5 Å². The highest BCUT2D eigenvalue weighted by atomic mass is 32.2. The highest BCUT2D eigenvalue weighted by Crippen LogP contribution is 2.23. The zero-order valence-corrected chi connectivity index (χ0v) is 28.9. The molecule has 2 amide bonds. The van der Waals surface area contributed by atoms with Crippen LogP contribution in [0.3, 0.4) is 0 Å². The van der Waals surface area contributed by atoms with Crippen molar-refractivity contribution in [1.29, 1.82) is 0 Å². The summed E-state index contributed by atoms with van der Waals surface area (Å²) in [5.74, 6) is -0.589. The van der Waals surface area contributed by atoms with Crippen LogP contribution in [0.2, 0.25) is 0 Å². The zero-order valence-electron chi connectivity index (χ0n) is 28.1. The minimum absolute atomic E-state index is 0.110. The first kappa shape index (κ1) is 39.7. The molecule has 2 atom stereocenters. The number of hydrogen-bond acceptors (Lipinski definition) is 7. The summed E-state index contributed by atoms with van der Waals surface area (Å²) in [6, 6.07) is 18.0. The van der Waals surface area contributed by atoms with E-state index in [0.717, 1.165) is 16.5 Å². The quantitative estimate of drug-likeness (QED) is 0.175. The Morgan fingerprint density at radius 3 is 2.21 bits per heavy atom. The fourth-order valence-corrected chi connectivity index (χ4v) is 5.44. The lowest BCUT2D eigenvalue weighted by atomic mass is 10.1. The van der Waals surface area contributed by atoms with E-state index in [1.807, 2.05) is 24.3 Å². The summed E-state index contributed by atoms with van der Waals surface area (Å²) in [6.45, 7) is 10.3. The minimum Gasteiger partial charge on any atom is -0.497 e. The number of sulfonamides is 1. The molecule has 2 unspecified atom stereocenters. The molecule has 0 fully saturated rings. The van der Waals surface area contributed by atoms with Gasteiger partial charge in [0.25, 0.3) is 11.8 Å².